The number of aromatic amines is 1. The van der Waals surface area contributed by atoms with Gasteiger partial charge in [0, 0.05) is 16.8 Å². The molecular weight excluding hydrogens is 290 g/mol. The Morgan fingerprint density at radius 3 is 2.87 bits per heavy atom. The van der Waals surface area contributed by atoms with Gasteiger partial charge in [-0.05, 0) is 38.3 Å². The summed E-state index contributed by atoms with van der Waals surface area (Å²) < 4.78 is 1.80. The van der Waals surface area contributed by atoms with E-state index in [1.807, 2.05) is 31.2 Å². The van der Waals surface area contributed by atoms with Crippen LogP contribution in [-0.4, -0.2) is 25.5 Å². The lowest BCUT2D eigenvalue weighted by Gasteiger charge is -2.27. The van der Waals surface area contributed by atoms with E-state index in [1.54, 1.807) is 10.9 Å². The van der Waals surface area contributed by atoms with Gasteiger partial charge in [0.05, 0.1) is 23.5 Å². The molecule has 0 radical (unpaired) electrons. The minimum Gasteiger partial charge on any atom is -0.386 e. The number of aryl methyl sites for hydroxylation is 2. The third-order valence-electron chi connectivity index (χ3n) is 5.01. The van der Waals surface area contributed by atoms with E-state index in [1.165, 1.54) is 0 Å². The molecule has 1 aliphatic heterocycles. The van der Waals surface area contributed by atoms with Crippen LogP contribution in [0.1, 0.15) is 40.0 Å². The fourth-order valence-corrected chi connectivity index (χ4v) is 3.74. The summed E-state index contributed by atoms with van der Waals surface area (Å²) in [5.41, 5.74) is 4.54. The maximum atomic E-state index is 13.1. The normalized spacial score (nSPS) is 19.1. The molecule has 0 saturated carbocycles. The van der Waals surface area contributed by atoms with Gasteiger partial charge < -0.3 is 10.1 Å². The van der Waals surface area contributed by atoms with Gasteiger partial charge in [0.15, 0.2) is 0 Å². The number of H-pyrrole nitrogens is 1. The Kier molecular flexibility index (Phi) is 3.13. The topological polar surface area (TPSA) is 70.9 Å². The summed E-state index contributed by atoms with van der Waals surface area (Å²) in [6, 6.07) is 7.95. The van der Waals surface area contributed by atoms with Gasteiger partial charge in [0.1, 0.15) is 6.10 Å². The largest absolute Gasteiger partial charge is 0.386 e. The molecule has 118 valence electrons. The molecule has 0 spiro atoms. The number of nitrogens with zero attached hydrogens (tertiary/aromatic N) is 2. The van der Waals surface area contributed by atoms with Crippen LogP contribution in [0.4, 0.5) is 0 Å². The van der Waals surface area contributed by atoms with Gasteiger partial charge in [-0.25, -0.2) is 4.98 Å². The zero-order valence-electron chi connectivity index (χ0n) is 13.2. The number of aliphatic hydroxyl groups is 1. The summed E-state index contributed by atoms with van der Waals surface area (Å²) in [6.07, 6.45) is 2.12. The summed E-state index contributed by atoms with van der Waals surface area (Å²) in [7, 11) is 0. The van der Waals surface area contributed by atoms with Crippen molar-refractivity contribution >= 4 is 16.8 Å². The molecule has 1 aliphatic rings. The summed E-state index contributed by atoms with van der Waals surface area (Å²) in [6.45, 7) is 3.93. The Balaban J connectivity index is 1.81. The number of aromatic nitrogens is 3. The molecule has 3 heterocycles. The Hall–Kier alpha value is -2.40. The number of hydrogen-bond acceptors (Lipinski definition) is 3. The Morgan fingerprint density at radius 1 is 1.35 bits per heavy atom. The first kappa shape index (κ1) is 14.2. The third-order valence-corrected chi connectivity index (χ3v) is 5.01. The number of benzene rings is 1. The fourth-order valence-electron chi connectivity index (χ4n) is 3.74. The standard InChI is InChI=1S/C18H19N3O2/c1-10-12-5-3-4-6-15(12)21-14(10)8-7-13(18(21)23)17(22)16-11(2)19-9-20-16/h3-6,9,13,17,22H,7-8H2,1-2H3,(H,19,20)/t13-,17+/m0/s1. The SMILES string of the molecule is Cc1[nH]cnc1[C@H](O)[C@@H]1CCc2c(C)c3ccccc3n2C1=O. The minimum absolute atomic E-state index is 0.0366. The van der Waals surface area contributed by atoms with Crippen LogP contribution in [0.15, 0.2) is 30.6 Å². The van der Waals surface area contributed by atoms with E-state index in [-0.39, 0.29) is 5.91 Å². The number of aliphatic hydroxyl groups excluding tert-OH is 1. The molecule has 0 saturated heterocycles. The zero-order chi connectivity index (χ0) is 16.1. The van der Waals surface area contributed by atoms with Crippen molar-refractivity contribution in [3.8, 4) is 0 Å². The van der Waals surface area contributed by atoms with Gasteiger partial charge in [0.25, 0.3) is 0 Å². The number of carbonyl (C=O) groups excluding carboxylic acids is 1. The maximum Gasteiger partial charge on any atom is 0.237 e. The van der Waals surface area contributed by atoms with Gasteiger partial charge in [-0.2, -0.15) is 0 Å². The molecule has 0 aliphatic carbocycles. The molecule has 23 heavy (non-hydrogen) atoms. The van der Waals surface area contributed by atoms with Gasteiger partial charge in [-0.15, -0.1) is 0 Å². The van der Waals surface area contributed by atoms with Crippen LogP contribution in [0, 0.1) is 19.8 Å². The highest BCUT2D eigenvalue weighted by Crippen LogP contribution is 2.36. The van der Waals surface area contributed by atoms with Gasteiger partial charge >= 0.3 is 0 Å². The molecule has 5 heteroatoms. The van der Waals surface area contributed by atoms with E-state index in [9.17, 15) is 9.90 Å². The lowest BCUT2D eigenvalue weighted by atomic mass is 9.89. The molecular formula is C18H19N3O2. The van der Waals surface area contributed by atoms with Crippen LogP contribution in [0.25, 0.3) is 10.9 Å². The molecule has 3 aromatic rings. The summed E-state index contributed by atoms with van der Waals surface area (Å²) >= 11 is 0. The van der Waals surface area contributed by atoms with E-state index in [4.69, 9.17) is 0 Å². The highest BCUT2D eigenvalue weighted by molar-refractivity contribution is 5.97. The number of para-hydroxylation sites is 1. The van der Waals surface area contributed by atoms with Crippen molar-refractivity contribution in [2.24, 2.45) is 5.92 Å². The Bertz CT molecular complexity index is 906. The highest BCUT2D eigenvalue weighted by atomic mass is 16.3. The zero-order valence-corrected chi connectivity index (χ0v) is 13.2. The number of carbonyl (C=O) groups is 1. The predicted octanol–water partition coefficient (Wildman–Crippen LogP) is 2.92. The molecule has 0 unspecified atom stereocenters. The fraction of sp³-hybridized carbons (Fsp3) is 0.333. The monoisotopic (exact) mass is 309 g/mol. The quantitative estimate of drug-likeness (QED) is 0.764. The van der Waals surface area contributed by atoms with Crippen LogP contribution in [0.3, 0.4) is 0 Å². The minimum atomic E-state index is -0.872. The van der Waals surface area contributed by atoms with E-state index in [0.717, 1.165) is 34.3 Å². The van der Waals surface area contributed by atoms with Crippen molar-refractivity contribution in [1.29, 1.82) is 0 Å². The molecule has 0 fully saturated rings. The third kappa shape index (κ3) is 1.96. The Morgan fingerprint density at radius 2 is 2.13 bits per heavy atom. The van der Waals surface area contributed by atoms with E-state index in [0.29, 0.717) is 12.1 Å². The molecule has 1 aromatic carbocycles. The van der Waals surface area contributed by atoms with Crippen LogP contribution in [0.5, 0.6) is 0 Å². The maximum absolute atomic E-state index is 13.1. The molecule has 2 N–H and O–H groups in total. The van der Waals surface area contributed by atoms with Crippen LogP contribution in [-0.2, 0) is 6.42 Å². The average molecular weight is 309 g/mol. The van der Waals surface area contributed by atoms with Gasteiger partial charge in [-0.3, -0.25) is 9.36 Å². The number of fused-ring (bicyclic) bond motifs is 3. The molecule has 2 aromatic heterocycles. The lowest BCUT2D eigenvalue weighted by molar-refractivity contribution is 0.0530. The van der Waals surface area contributed by atoms with Crippen molar-refractivity contribution < 1.29 is 9.90 Å². The van der Waals surface area contributed by atoms with E-state index < -0.39 is 12.0 Å². The second-order valence-electron chi connectivity index (χ2n) is 6.27. The molecule has 4 rings (SSSR count). The number of rotatable bonds is 2. The smallest absolute Gasteiger partial charge is 0.237 e. The summed E-state index contributed by atoms with van der Waals surface area (Å²) in [4.78, 5) is 20.2. The van der Waals surface area contributed by atoms with Crippen molar-refractivity contribution in [2.75, 3.05) is 0 Å². The lowest BCUT2D eigenvalue weighted by Crippen LogP contribution is -2.33. The highest BCUT2D eigenvalue weighted by Gasteiger charge is 2.36. The average Bonchev–Trinajstić information content (AvgIpc) is 3.10. The number of imidazole rings is 1. The number of hydrogen-bond donors (Lipinski definition) is 2. The summed E-state index contributed by atoms with van der Waals surface area (Å²) in [5.74, 6) is -0.495. The van der Waals surface area contributed by atoms with E-state index >= 15 is 0 Å². The first-order chi connectivity index (χ1) is 11.1. The van der Waals surface area contributed by atoms with Crippen molar-refractivity contribution in [1.82, 2.24) is 14.5 Å². The first-order valence-corrected chi connectivity index (χ1v) is 7.90. The first-order valence-electron chi connectivity index (χ1n) is 7.90. The van der Waals surface area contributed by atoms with Crippen LogP contribution >= 0.6 is 0 Å². The molecule has 0 bridgehead atoms. The second-order valence-corrected chi connectivity index (χ2v) is 6.27. The predicted molar refractivity (Wildman–Crippen MR) is 87.4 cm³/mol. The van der Waals surface area contributed by atoms with Crippen molar-refractivity contribution in [3.05, 3.63) is 53.2 Å². The van der Waals surface area contributed by atoms with Crippen molar-refractivity contribution in [2.45, 2.75) is 32.8 Å². The van der Waals surface area contributed by atoms with Crippen LogP contribution in [0.2, 0.25) is 0 Å². The molecule has 2 atom stereocenters. The van der Waals surface area contributed by atoms with Gasteiger partial charge in [0.2, 0.25) is 5.91 Å². The van der Waals surface area contributed by atoms with Crippen LogP contribution < -0.4 is 0 Å². The van der Waals surface area contributed by atoms with E-state index in [2.05, 4.69) is 16.9 Å². The van der Waals surface area contributed by atoms with Crippen molar-refractivity contribution in [3.63, 3.8) is 0 Å². The number of nitrogens with one attached hydrogen (secondary N) is 1. The Labute approximate surface area is 134 Å². The molecule has 5 nitrogen and oxygen atoms in total. The van der Waals surface area contributed by atoms with Gasteiger partial charge in [-0.1, -0.05) is 18.2 Å². The molecule has 0 amide bonds. The second kappa shape index (κ2) is 5.06. The summed E-state index contributed by atoms with van der Waals surface area (Å²) in [5, 5.41) is 11.8.